The Kier molecular flexibility index (Phi) is 12.7. The van der Waals surface area contributed by atoms with Gasteiger partial charge in [-0.2, -0.15) is 0 Å². The minimum atomic E-state index is -2.16. The Labute approximate surface area is 186 Å². The van der Waals surface area contributed by atoms with Crippen molar-refractivity contribution < 1.29 is 13.7 Å². The van der Waals surface area contributed by atoms with Crippen molar-refractivity contribution in [2.75, 3.05) is 95.1 Å². The van der Waals surface area contributed by atoms with E-state index in [1.54, 1.807) is 0 Å². The summed E-state index contributed by atoms with van der Waals surface area (Å²) >= 11 is 0. The molecule has 0 aromatic carbocycles. The van der Waals surface area contributed by atoms with Crippen molar-refractivity contribution in [3.8, 4) is 0 Å². The molecule has 6 nitrogen and oxygen atoms in total. The van der Waals surface area contributed by atoms with Gasteiger partial charge in [0.25, 0.3) is 0 Å². The second-order valence-corrected chi connectivity index (χ2v) is 19.8. The van der Waals surface area contributed by atoms with Crippen LogP contribution in [0, 0.1) is 0 Å². The highest BCUT2D eigenvalue weighted by molar-refractivity contribution is 7.64. The molecule has 0 bridgehead atoms. The molecule has 1 saturated heterocycles. The minimum Gasteiger partial charge on any atom is -0.322 e. The minimum absolute atomic E-state index is 0.667. The van der Waals surface area contributed by atoms with Crippen molar-refractivity contribution in [2.45, 2.75) is 41.5 Å². The predicted octanol–water partition coefficient (Wildman–Crippen LogP) is 4.99. The summed E-state index contributed by atoms with van der Waals surface area (Å²) in [6.07, 6.45) is 6.47. The van der Waals surface area contributed by atoms with E-state index < -0.39 is 21.4 Å². The Morgan fingerprint density at radius 1 is 0.433 bits per heavy atom. The van der Waals surface area contributed by atoms with E-state index in [-0.39, 0.29) is 0 Å². The maximum atomic E-state index is 13.2. The smallest absolute Gasteiger partial charge is 0.100 e. The van der Waals surface area contributed by atoms with Crippen LogP contribution < -0.4 is 0 Å². The average Bonchev–Trinajstić information content (AvgIpc) is 2.85. The molecule has 0 amide bonds. The number of nitrogens with zero attached hydrogens (tertiary/aromatic N) is 3. The Morgan fingerprint density at radius 3 is 0.733 bits per heavy atom. The van der Waals surface area contributed by atoms with Gasteiger partial charge in [0.05, 0.1) is 18.9 Å². The van der Waals surface area contributed by atoms with Gasteiger partial charge in [0.15, 0.2) is 0 Å². The van der Waals surface area contributed by atoms with E-state index in [1.165, 1.54) is 0 Å². The van der Waals surface area contributed by atoms with Crippen LogP contribution in [0.4, 0.5) is 0 Å². The van der Waals surface area contributed by atoms with Crippen LogP contribution in [0.2, 0.25) is 0 Å². The third kappa shape index (κ3) is 9.21. The summed E-state index contributed by atoms with van der Waals surface area (Å²) in [5, 5.41) is 0. The maximum absolute atomic E-state index is 13.2. The lowest BCUT2D eigenvalue weighted by molar-refractivity contribution is 0.256. The van der Waals surface area contributed by atoms with Crippen LogP contribution in [0.3, 0.4) is 0 Å². The lowest BCUT2D eigenvalue weighted by atomic mass is 10.5. The van der Waals surface area contributed by atoms with E-state index in [2.05, 4.69) is 14.7 Å². The van der Waals surface area contributed by atoms with Gasteiger partial charge in [-0.15, -0.1) is 0 Å². The fourth-order valence-corrected chi connectivity index (χ4v) is 9.55. The molecule has 1 rings (SSSR count). The van der Waals surface area contributed by atoms with Crippen LogP contribution in [-0.2, 0) is 13.7 Å². The molecule has 0 aliphatic carbocycles. The molecule has 0 spiro atoms. The van der Waals surface area contributed by atoms with Crippen LogP contribution in [0.1, 0.15) is 41.5 Å². The van der Waals surface area contributed by atoms with Crippen molar-refractivity contribution in [1.82, 2.24) is 14.7 Å². The van der Waals surface area contributed by atoms with Crippen molar-refractivity contribution >= 4 is 21.4 Å². The number of rotatable bonds is 12. The first-order valence-electron chi connectivity index (χ1n) is 12.0. The Morgan fingerprint density at radius 2 is 0.600 bits per heavy atom. The molecule has 9 heteroatoms. The molecule has 1 aliphatic rings. The first kappa shape index (κ1) is 28.6. The zero-order chi connectivity index (χ0) is 22.8. The second kappa shape index (κ2) is 13.3. The molecule has 1 fully saturated rings. The average molecular weight is 484 g/mol. The number of hydrogen-bond donors (Lipinski definition) is 0. The van der Waals surface area contributed by atoms with E-state index >= 15 is 0 Å². The quantitative estimate of drug-likeness (QED) is 0.365. The van der Waals surface area contributed by atoms with E-state index in [1.807, 2.05) is 41.5 Å². The van der Waals surface area contributed by atoms with Gasteiger partial charge in [-0.1, -0.05) is 41.5 Å². The monoisotopic (exact) mass is 483 g/mol. The van der Waals surface area contributed by atoms with Gasteiger partial charge in [-0.3, -0.25) is 14.7 Å². The van der Waals surface area contributed by atoms with Crippen LogP contribution in [0.15, 0.2) is 0 Å². The van der Waals surface area contributed by atoms with Gasteiger partial charge in [-0.25, -0.2) is 0 Å². The molecule has 0 aromatic heterocycles. The van der Waals surface area contributed by atoms with Gasteiger partial charge in [0, 0.05) is 39.3 Å². The van der Waals surface area contributed by atoms with Gasteiger partial charge < -0.3 is 13.7 Å². The third-order valence-corrected chi connectivity index (χ3v) is 16.7. The summed E-state index contributed by atoms with van der Waals surface area (Å²) in [4.78, 5) is 7.06. The summed E-state index contributed by atoms with van der Waals surface area (Å²) in [5.74, 6) is 0. The first-order chi connectivity index (χ1) is 14.1. The molecule has 30 heavy (non-hydrogen) atoms. The van der Waals surface area contributed by atoms with Crippen LogP contribution in [0.25, 0.3) is 0 Å². The predicted molar refractivity (Wildman–Crippen MR) is 135 cm³/mol. The maximum Gasteiger partial charge on any atom is 0.100 e. The second-order valence-electron chi connectivity index (χ2n) is 8.85. The fraction of sp³-hybridized carbons (Fsp3) is 1.00. The number of hydrogen-bond acceptors (Lipinski definition) is 6. The molecule has 0 radical (unpaired) electrons. The van der Waals surface area contributed by atoms with Crippen molar-refractivity contribution in [3.05, 3.63) is 0 Å². The molecule has 1 heterocycles. The summed E-state index contributed by atoms with van der Waals surface area (Å²) in [7, 11) is -6.49. The van der Waals surface area contributed by atoms with Crippen molar-refractivity contribution in [1.29, 1.82) is 0 Å². The Balaban J connectivity index is 3.02. The lowest BCUT2D eigenvalue weighted by Crippen LogP contribution is -2.37. The van der Waals surface area contributed by atoms with Crippen molar-refractivity contribution in [3.63, 3.8) is 0 Å². The zero-order valence-electron chi connectivity index (χ0n) is 20.5. The van der Waals surface area contributed by atoms with Gasteiger partial charge in [-0.05, 0) is 37.0 Å². The summed E-state index contributed by atoms with van der Waals surface area (Å²) in [5.41, 5.74) is 0. The zero-order valence-corrected chi connectivity index (χ0v) is 23.2. The molecule has 0 aromatic rings. The first-order valence-corrected chi connectivity index (χ1v) is 18.8. The van der Waals surface area contributed by atoms with E-state index in [4.69, 9.17) is 0 Å². The lowest BCUT2D eigenvalue weighted by Gasteiger charge is -2.30. The van der Waals surface area contributed by atoms with E-state index in [0.29, 0.717) is 18.9 Å². The highest BCUT2D eigenvalue weighted by atomic mass is 31.2. The molecular formula is C21H48N3O3P3. The molecular weight excluding hydrogens is 435 g/mol. The molecule has 180 valence electrons. The van der Waals surface area contributed by atoms with E-state index in [0.717, 1.165) is 76.2 Å². The standard InChI is InChI=1S/C21H48N3O3P3/c1-7-28(25,8-2)19-22-13-15-23(20-29(26,9-3)10-4)17-18-24(16-14-22)21-30(27,11-5)12-6/h7-21H2,1-6H3. The molecule has 1 aliphatic heterocycles. The molecule has 0 saturated carbocycles. The third-order valence-electron chi connectivity index (χ3n) is 7.03. The van der Waals surface area contributed by atoms with Crippen LogP contribution >= 0.6 is 21.4 Å². The normalized spacial score (nSPS) is 19.4. The SMILES string of the molecule is CCP(=O)(CC)CN1CCN(CP(=O)(CC)CC)CCN(CP(=O)(CC)CC)CC1. The van der Waals surface area contributed by atoms with Gasteiger partial charge in [0.1, 0.15) is 21.4 Å². The highest BCUT2D eigenvalue weighted by Crippen LogP contribution is 2.47. The molecule has 0 atom stereocenters. The topological polar surface area (TPSA) is 60.9 Å². The highest BCUT2D eigenvalue weighted by Gasteiger charge is 2.28. The van der Waals surface area contributed by atoms with Gasteiger partial charge in [0.2, 0.25) is 0 Å². The van der Waals surface area contributed by atoms with E-state index in [9.17, 15) is 13.7 Å². The van der Waals surface area contributed by atoms with Crippen LogP contribution in [0.5, 0.6) is 0 Å². The summed E-state index contributed by atoms with van der Waals surface area (Å²) < 4.78 is 39.5. The summed E-state index contributed by atoms with van der Waals surface area (Å²) in [6, 6.07) is 0. The Hall–Kier alpha value is 0.570. The van der Waals surface area contributed by atoms with Crippen LogP contribution in [-0.4, -0.2) is 110 Å². The molecule has 0 N–H and O–H groups in total. The Bertz CT molecular complexity index is 523. The fourth-order valence-electron chi connectivity index (χ4n) is 3.97. The summed E-state index contributed by atoms with van der Waals surface area (Å²) in [6.45, 7) is 17.4. The largest absolute Gasteiger partial charge is 0.322 e. The van der Waals surface area contributed by atoms with Gasteiger partial charge >= 0.3 is 0 Å². The molecule has 0 unspecified atom stereocenters. The van der Waals surface area contributed by atoms with Crippen molar-refractivity contribution in [2.24, 2.45) is 0 Å².